The van der Waals surface area contributed by atoms with Gasteiger partial charge >= 0.3 is 54.1 Å². The fourth-order valence-corrected chi connectivity index (χ4v) is 1.79. The van der Waals surface area contributed by atoms with Crippen LogP contribution in [0.15, 0.2) is 17.9 Å². The van der Waals surface area contributed by atoms with Gasteiger partial charge in [-0.3, -0.25) is 14.4 Å². The Morgan fingerprint density at radius 3 is 1.43 bits per heavy atom. The van der Waals surface area contributed by atoms with Gasteiger partial charge < -0.3 is 50.6 Å². The maximum absolute atomic E-state index is 10.9. The number of hydrogen-bond donors (Lipinski definition) is 2. The number of ether oxygens (including phenoxy) is 2. The minimum Gasteiger partial charge on any atom is -0.502 e. The average molecular weight is 967 g/mol. The number of Topliss-reactive ketones (excluding diaryl/α,β-unsaturated/α-hetero) is 3. The Morgan fingerprint density at radius 2 is 1.25 bits per heavy atom. The van der Waals surface area contributed by atoms with E-state index in [-0.39, 0.29) is 81.8 Å². The van der Waals surface area contributed by atoms with E-state index >= 15 is 0 Å². The van der Waals surface area contributed by atoms with Gasteiger partial charge in [0.2, 0.25) is 11.5 Å². The quantitative estimate of drug-likeness (QED) is 0.0929. The molecule has 254 valence electrons. The molecule has 0 aliphatic heterocycles. The summed E-state index contributed by atoms with van der Waals surface area (Å²) in [7, 11) is 0. The van der Waals surface area contributed by atoms with Crippen molar-refractivity contribution in [2.45, 2.75) is 83.1 Å². The predicted octanol–water partition coefficient (Wildman–Crippen LogP) is 4.58. The molecule has 14 heteroatoms. The monoisotopic (exact) mass is 967 g/mol. The van der Waals surface area contributed by atoms with Gasteiger partial charge in [-0.2, -0.15) is 13.8 Å². The van der Waals surface area contributed by atoms with Crippen molar-refractivity contribution in [1.82, 2.24) is 9.78 Å². The van der Waals surface area contributed by atoms with Crippen LogP contribution in [0.3, 0.4) is 0 Å². The number of aliphatic hydroxyl groups excluding tert-OH is 1. The van der Waals surface area contributed by atoms with E-state index in [0.29, 0.717) is 5.69 Å². The van der Waals surface area contributed by atoms with Gasteiger partial charge in [0.15, 0.2) is 11.6 Å². The van der Waals surface area contributed by atoms with Crippen LogP contribution in [0.25, 0.3) is 0 Å². The Labute approximate surface area is 293 Å². The van der Waals surface area contributed by atoms with E-state index < -0.39 is 29.3 Å². The summed E-state index contributed by atoms with van der Waals surface area (Å²) >= 11 is 0. The molecule has 3 N–H and O–H groups in total. The number of aliphatic hydroxyl groups is 1. The fraction of sp³-hybridized carbons (Fsp3) is 0.500. The van der Waals surface area contributed by atoms with E-state index in [1.54, 1.807) is 24.6 Å². The number of carbonyl (C=O) groups excluding carboxylic acids is 6. The number of nitrogens with zero attached hydrogens (tertiary/aromatic N) is 2. The van der Waals surface area contributed by atoms with E-state index in [1.807, 2.05) is 34.6 Å². The molecule has 12 nitrogen and oxygen atoms in total. The first-order valence-corrected chi connectivity index (χ1v) is 12.4. The number of allylic oxidation sites excluding steroid dienone is 1. The maximum Gasteiger partial charge on any atom is 2.00 e. The Balaban J connectivity index is -0.0000000630. The number of aromatic nitrogens is 2. The molecule has 0 radical (unpaired) electrons. The van der Waals surface area contributed by atoms with Crippen LogP contribution in [0.1, 0.15) is 92.3 Å². The van der Waals surface area contributed by atoms with Gasteiger partial charge in [-0.15, -0.1) is 18.3 Å². The molecule has 1 heterocycles. The Bertz CT molecular complexity index is 971. The molecule has 1 aromatic heterocycles. The first kappa shape index (κ1) is 60.7. The Morgan fingerprint density at radius 1 is 0.886 bits per heavy atom. The molecule has 0 saturated carbocycles. The zero-order chi connectivity index (χ0) is 32.6. The molecular weight excluding hydrogens is 914 g/mol. The average Bonchev–Trinajstić information content (AvgIpc) is 3.22. The molecule has 0 fully saturated rings. The number of hydrogen-bond acceptors (Lipinski definition) is 11. The minimum absolute atomic E-state index is 0. The normalized spacial score (nSPS) is 8.64. The van der Waals surface area contributed by atoms with Gasteiger partial charge in [0.25, 0.3) is 0 Å². The first-order valence-electron chi connectivity index (χ1n) is 12.4. The summed E-state index contributed by atoms with van der Waals surface area (Å²) in [4.78, 5) is 61.5. The summed E-state index contributed by atoms with van der Waals surface area (Å²) in [5, 5.41) is 12.9. The van der Waals surface area contributed by atoms with Gasteiger partial charge in [0, 0.05) is 19.9 Å². The molecule has 0 atom stereocenters. The second-order valence-electron chi connectivity index (χ2n) is 8.54. The first-order chi connectivity index (χ1) is 18.3. The largest absolute Gasteiger partial charge is 2.00 e. The molecule has 1 aromatic rings. The number of aryl methyl sites for hydroxylation is 1. The van der Waals surface area contributed by atoms with Crippen LogP contribution in [0.4, 0.5) is 0 Å². The molecule has 44 heavy (non-hydrogen) atoms. The zero-order valence-electron chi connectivity index (χ0n) is 28.8. The van der Waals surface area contributed by atoms with Gasteiger partial charge in [0.1, 0.15) is 11.5 Å². The number of nitrogens with two attached hydrogens (primary N) is 1. The van der Waals surface area contributed by atoms with Gasteiger partial charge in [0.05, 0.1) is 13.2 Å². The van der Waals surface area contributed by atoms with Crippen molar-refractivity contribution >= 4 is 35.1 Å². The van der Waals surface area contributed by atoms with Crippen LogP contribution >= 0.6 is 0 Å². The molecule has 0 aromatic carbocycles. The van der Waals surface area contributed by atoms with Crippen molar-refractivity contribution < 1.29 is 85.5 Å². The van der Waals surface area contributed by atoms with Crippen molar-refractivity contribution in [1.29, 1.82) is 0 Å². The van der Waals surface area contributed by atoms with E-state index in [9.17, 15) is 28.8 Å². The molecule has 0 unspecified atom stereocenters. The van der Waals surface area contributed by atoms with E-state index in [1.165, 1.54) is 40.5 Å². The molecule has 0 saturated heterocycles. The van der Waals surface area contributed by atoms with Crippen LogP contribution in [0.2, 0.25) is 0 Å². The summed E-state index contributed by atoms with van der Waals surface area (Å²) in [5.74, 6) is -1.76. The molecule has 0 aliphatic rings. The van der Waals surface area contributed by atoms with Crippen molar-refractivity contribution in [3.05, 3.63) is 56.1 Å². The maximum atomic E-state index is 10.9. The molecular formula is C30H53N3O9W2. The third-order valence-electron chi connectivity index (χ3n) is 3.47. The topological polar surface area (TPSA) is 185 Å². The molecule has 1 rings (SSSR count). The Hall–Kier alpha value is -2.42. The number of ketones is 4. The molecule has 0 bridgehead atoms. The summed E-state index contributed by atoms with van der Waals surface area (Å²) in [6, 6.07) is 2.87. The van der Waals surface area contributed by atoms with E-state index in [4.69, 9.17) is 10.8 Å². The van der Waals surface area contributed by atoms with Crippen molar-refractivity contribution in [3.63, 3.8) is 0 Å². The van der Waals surface area contributed by atoms with Crippen LogP contribution < -0.4 is 5.73 Å². The number of esters is 2. The summed E-state index contributed by atoms with van der Waals surface area (Å²) in [6.45, 7) is 21.3. The van der Waals surface area contributed by atoms with E-state index in [2.05, 4.69) is 14.6 Å². The van der Waals surface area contributed by atoms with Gasteiger partial charge in [-0.25, -0.2) is 14.7 Å². The van der Waals surface area contributed by atoms with E-state index in [0.717, 1.165) is 24.4 Å². The van der Waals surface area contributed by atoms with Crippen LogP contribution in [0.5, 0.6) is 0 Å². The standard InChI is InChI=1S/C9H13N2O.C7H10O4.C5H8O3.C4H10N.C3H6O.2CH3.2W/c1-6(2)11-7(3)5-9(10-11)8(4)12;1-3-11-7(10)6(9)4-5(2)8;1-3-8-5(7)4(2)6;1-4(2)3-5;1-3(2)4;;;;/h5H,1-4H3;4,9H,3H2,1-2H3;3H2,1-2H3;3,5H2,1-2H3;1-2H3;2*1H3;;/q-1;;;-1;;2*-1;2*+2. The van der Waals surface area contributed by atoms with Gasteiger partial charge in [-0.05, 0) is 34.6 Å². The van der Waals surface area contributed by atoms with Crippen molar-refractivity contribution in [2.24, 2.45) is 5.73 Å². The third kappa shape index (κ3) is 41.7. The fourth-order valence-electron chi connectivity index (χ4n) is 1.79. The van der Waals surface area contributed by atoms with Crippen molar-refractivity contribution in [3.8, 4) is 0 Å². The van der Waals surface area contributed by atoms with Crippen LogP contribution in [0, 0.1) is 33.7 Å². The zero-order valence-corrected chi connectivity index (χ0v) is 34.6. The number of carbonyl (C=O) groups is 6. The van der Waals surface area contributed by atoms with Gasteiger partial charge in [-0.1, -0.05) is 26.8 Å². The van der Waals surface area contributed by atoms with Crippen LogP contribution in [-0.2, 0) is 75.6 Å². The minimum atomic E-state index is -0.872. The SMILES string of the molecule is CC(=O)c1cc(C)n([C-](C)C)n1.CC(C)=O.CCOC(=O)C(C)=O.CCOC(=O)C(O)=CC(C)=O.C[C-](C)CN.[CH3-].[CH3-].[W+2].[W+2]. The Kier molecular flexibility index (Phi) is 50.7. The second kappa shape index (κ2) is 36.8. The van der Waals surface area contributed by atoms with Crippen LogP contribution in [-0.4, -0.2) is 69.7 Å². The predicted molar refractivity (Wildman–Crippen MR) is 165 cm³/mol. The molecule has 0 amide bonds. The second-order valence-corrected chi connectivity index (χ2v) is 8.54. The number of rotatable bonds is 8. The summed E-state index contributed by atoms with van der Waals surface area (Å²) in [5.41, 5.74) is 6.67. The summed E-state index contributed by atoms with van der Waals surface area (Å²) < 4.78 is 10.5. The smallest absolute Gasteiger partial charge is 0.502 e. The molecule has 0 spiro atoms. The summed E-state index contributed by atoms with van der Waals surface area (Å²) in [6.07, 6.45) is 0.817. The van der Waals surface area contributed by atoms with Crippen molar-refractivity contribution in [2.75, 3.05) is 19.8 Å². The molecule has 0 aliphatic carbocycles. The third-order valence-corrected chi connectivity index (χ3v) is 3.47.